The maximum Gasteiger partial charge on any atom is 0.203 e. The van der Waals surface area contributed by atoms with Crippen LogP contribution in [0.25, 0.3) is 0 Å². The predicted octanol–water partition coefficient (Wildman–Crippen LogP) is 3.13. The minimum atomic E-state index is 0.409. The Morgan fingerprint density at radius 3 is 2.21 bits per heavy atom. The van der Waals surface area contributed by atoms with Crippen molar-refractivity contribution in [2.45, 2.75) is 73.1 Å². The lowest BCUT2D eigenvalue weighted by Crippen LogP contribution is -2.39. The van der Waals surface area contributed by atoms with E-state index in [1.165, 1.54) is 0 Å². The molecule has 1 aromatic heterocycles. The van der Waals surface area contributed by atoms with Gasteiger partial charge in [0.25, 0.3) is 0 Å². The van der Waals surface area contributed by atoms with Crippen molar-refractivity contribution >= 4 is 5.95 Å². The summed E-state index contributed by atoms with van der Waals surface area (Å²) in [5.41, 5.74) is 1.07. The molecule has 0 radical (unpaired) electrons. The molecular formula is C15H30N4. The van der Waals surface area contributed by atoms with Crippen LogP contribution in [0.15, 0.2) is 6.20 Å². The van der Waals surface area contributed by atoms with Crippen molar-refractivity contribution in [1.82, 2.24) is 14.5 Å². The molecular weight excluding hydrogens is 236 g/mol. The van der Waals surface area contributed by atoms with Crippen LogP contribution in [0.1, 0.15) is 47.2 Å². The predicted molar refractivity (Wildman–Crippen MR) is 82.7 cm³/mol. The summed E-state index contributed by atoms with van der Waals surface area (Å²) in [6, 6.07) is 1.56. The molecule has 0 aliphatic rings. The standard InChI is InChI=1S/C15H30N4/c1-11(2)16-15-17-14(7)10-18(15)8-9-19(12(3)4)13(5)6/h10-13H,8-9H2,1-7H3,(H,16,17). The number of aromatic nitrogens is 2. The molecule has 0 unspecified atom stereocenters. The Balaban J connectivity index is 2.71. The van der Waals surface area contributed by atoms with Crippen molar-refractivity contribution in [2.24, 2.45) is 0 Å². The van der Waals surface area contributed by atoms with Gasteiger partial charge in [-0.3, -0.25) is 4.90 Å². The first-order valence-electron chi connectivity index (χ1n) is 7.37. The fraction of sp³-hybridized carbons (Fsp3) is 0.800. The highest BCUT2D eigenvalue weighted by atomic mass is 15.2. The van der Waals surface area contributed by atoms with E-state index in [0.717, 1.165) is 24.7 Å². The van der Waals surface area contributed by atoms with E-state index in [-0.39, 0.29) is 0 Å². The molecule has 1 rings (SSSR count). The van der Waals surface area contributed by atoms with Gasteiger partial charge in [-0.2, -0.15) is 0 Å². The van der Waals surface area contributed by atoms with Gasteiger partial charge in [0.15, 0.2) is 0 Å². The summed E-state index contributed by atoms with van der Waals surface area (Å²) in [5, 5.41) is 3.41. The van der Waals surface area contributed by atoms with Crippen molar-refractivity contribution in [3.05, 3.63) is 11.9 Å². The number of hydrogen-bond donors (Lipinski definition) is 1. The van der Waals surface area contributed by atoms with Gasteiger partial charge in [0.2, 0.25) is 5.95 Å². The van der Waals surface area contributed by atoms with Crippen molar-refractivity contribution in [3.63, 3.8) is 0 Å². The summed E-state index contributed by atoms with van der Waals surface area (Å²) in [6.45, 7) is 17.4. The Hall–Kier alpha value is -1.03. The van der Waals surface area contributed by atoms with E-state index in [2.05, 4.69) is 67.5 Å². The average molecular weight is 266 g/mol. The summed E-state index contributed by atoms with van der Waals surface area (Å²) in [7, 11) is 0. The lowest BCUT2D eigenvalue weighted by atomic mass is 10.2. The normalized spacial score (nSPS) is 12.2. The summed E-state index contributed by atoms with van der Waals surface area (Å²) < 4.78 is 2.23. The van der Waals surface area contributed by atoms with Gasteiger partial charge in [-0.15, -0.1) is 0 Å². The Bertz CT molecular complexity index is 371. The maximum absolute atomic E-state index is 4.55. The Morgan fingerprint density at radius 2 is 1.74 bits per heavy atom. The zero-order valence-electron chi connectivity index (χ0n) is 13.6. The molecule has 0 aromatic carbocycles. The molecule has 1 aromatic rings. The number of aryl methyl sites for hydroxylation is 1. The van der Waals surface area contributed by atoms with Crippen LogP contribution in [0.3, 0.4) is 0 Å². The topological polar surface area (TPSA) is 33.1 Å². The van der Waals surface area contributed by atoms with Crippen LogP contribution in [0.4, 0.5) is 5.95 Å². The van der Waals surface area contributed by atoms with Crippen LogP contribution in [0, 0.1) is 6.92 Å². The van der Waals surface area contributed by atoms with Gasteiger partial charge in [-0.05, 0) is 48.5 Å². The van der Waals surface area contributed by atoms with Crippen LogP contribution in [0.5, 0.6) is 0 Å². The quantitative estimate of drug-likeness (QED) is 0.823. The van der Waals surface area contributed by atoms with Crippen LogP contribution in [-0.4, -0.2) is 39.1 Å². The van der Waals surface area contributed by atoms with Crippen molar-refractivity contribution < 1.29 is 0 Å². The van der Waals surface area contributed by atoms with E-state index >= 15 is 0 Å². The maximum atomic E-state index is 4.55. The first-order valence-corrected chi connectivity index (χ1v) is 7.37. The smallest absolute Gasteiger partial charge is 0.203 e. The fourth-order valence-electron chi connectivity index (χ4n) is 2.43. The molecule has 0 bridgehead atoms. The molecule has 4 heteroatoms. The lowest BCUT2D eigenvalue weighted by Gasteiger charge is -2.30. The second-order valence-corrected chi connectivity index (χ2v) is 6.12. The number of rotatable bonds is 7. The average Bonchev–Trinajstić information content (AvgIpc) is 2.57. The number of nitrogens with one attached hydrogen (secondary N) is 1. The zero-order chi connectivity index (χ0) is 14.6. The van der Waals surface area contributed by atoms with Crippen LogP contribution < -0.4 is 5.32 Å². The van der Waals surface area contributed by atoms with Gasteiger partial charge in [0.05, 0.1) is 5.69 Å². The minimum absolute atomic E-state index is 0.409. The van der Waals surface area contributed by atoms with Crippen LogP contribution >= 0.6 is 0 Å². The molecule has 0 atom stereocenters. The monoisotopic (exact) mass is 266 g/mol. The molecule has 4 nitrogen and oxygen atoms in total. The SMILES string of the molecule is Cc1cn(CCN(C(C)C)C(C)C)c(NC(C)C)n1. The van der Waals surface area contributed by atoms with Crippen LogP contribution in [-0.2, 0) is 6.54 Å². The summed E-state index contributed by atoms with van der Waals surface area (Å²) >= 11 is 0. The molecule has 0 fully saturated rings. The van der Waals surface area contributed by atoms with Gasteiger partial charge >= 0.3 is 0 Å². The largest absolute Gasteiger partial charge is 0.353 e. The number of imidazole rings is 1. The highest BCUT2D eigenvalue weighted by Crippen LogP contribution is 2.12. The third-order valence-electron chi connectivity index (χ3n) is 3.24. The third kappa shape index (κ3) is 4.86. The fourth-order valence-corrected chi connectivity index (χ4v) is 2.43. The Kier molecular flexibility index (Phi) is 5.85. The molecule has 1 N–H and O–H groups in total. The van der Waals surface area contributed by atoms with E-state index in [1.54, 1.807) is 0 Å². The second-order valence-electron chi connectivity index (χ2n) is 6.12. The second kappa shape index (κ2) is 6.94. The molecule has 0 aliphatic heterocycles. The van der Waals surface area contributed by atoms with Gasteiger partial charge < -0.3 is 9.88 Å². The van der Waals surface area contributed by atoms with Crippen molar-refractivity contribution in [3.8, 4) is 0 Å². The van der Waals surface area contributed by atoms with E-state index < -0.39 is 0 Å². The number of anilines is 1. The summed E-state index contributed by atoms with van der Waals surface area (Å²) in [4.78, 5) is 7.06. The Morgan fingerprint density at radius 1 is 1.16 bits per heavy atom. The number of hydrogen-bond acceptors (Lipinski definition) is 3. The van der Waals surface area contributed by atoms with E-state index in [9.17, 15) is 0 Å². The summed E-state index contributed by atoms with van der Waals surface area (Å²) in [6.07, 6.45) is 2.13. The highest BCUT2D eigenvalue weighted by Gasteiger charge is 2.14. The first kappa shape index (κ1) is 16.0. The highest BCUT2D eigenvalue weighted by molar-refractivity contribution is 5.29. The molecule has 110 valence electrons. The minimum Gasteiger partial charge on any atom is -0.353 e. The molecule has 0 spiro atoms. The van der Waals surface area contributed by atoms with Gasteiger partial charge in [0, 0.05) is 37.4 Å². The van der Waals surface area contributed by atoms with Gasteiger partial charge in [-0.25, -0.2) is 4.98 Å². The molecule has 1 heterocycles. The molecule has 0 aliphatic carbocycles. The molecule has 0 saturated carbocycles. The first-order chi connectivity index (χ1) is 8.81. The van der Waals surface area contributed by atoms with Gasteiger partial charge in [0.1, 0.15) is 0 Å². The molecule has 0 amide bonds. The number of nitrogens with zero attached hydrogens (tertiary/aromatic N) is 3. The molecule has 0 saturated heterocycles. The van der Waals surface area contributed by atoms with Crippen molar-refractivity contribution in [1.29, 1.82) is 0 Å². The van der Waals surface area contributed by atoms with Gasteiger partial charge in [-0.1, -0.05) is 0 Å². The van der Waals surface area contributed by atoms with Crippen LogP contribution in [0.2, 0.25) is 0 Å². The lowest BCUT2D eigenvalue weighted by molar-refractivity contribution is 0.168. The zero-order valence-corrected chi connectivity index (χ0v) is 13.6. The van der Waals surface area contributed by atoms with E-state index in [1.807, 2.05) is 6.92 Å². The van der Waals surface area contributed by atoms with Crippen molar-refractivity contribution in [2.75, 3.05) is 11.9 Å². The third-order valence-corrected chi connectivity index (χ3v) is 3.24. The van der Waals surface area contributed by atoms with E-state index in [0.29, 0.717) is 18.1 Å². The summed E-state index contributed by atoms with van der Waals surface area (Å²) in [5.74, 6) is 0.986. The molecule has 19 heavy (non-hydrogen) atoms. The van der Waals surface area contributed by atoms with E-state index in [4.69, 9.17) is 0 Å². The Labute approximate surface area is 118 Å².